The Morgan fingerprint density at radius 2 is 1.94 bits per heavy atom. The van der Waals surface area contributed by atoms with E-state index in [4.69, 9.17) is 4.74 Å². The third kappa shape index (κ3) is 4.59. The molecule has 0 spiro atoms. The topological polar surface area (TPSA) is 114 Å². The van der Waals surface area contributed by atoms with Gasteiger partial charge in [-0.2, -0.15) is 5.10 Å². The van der Waals surface area contributed by atoms with E-state index in [1.54, 1.807) is 66.7 Å². The number of carbonyl (C=O) groups is 2. The fourth-order valence-electron chi connectivity index (χ4n) is 3.29. The van der Waals surface area contributed by atoms with Gasteiger partial charge in [-0.05, 0) is 37.3 Å². The Hall–Kier alpha value is -4.47. The van der Waals surface area contributed by atoms with Crippen LogP contribution in [0.3, 0.4) is 0 Å². The summed E-state index contributed by atoms with van der Waals surface area (Å²) in [5.74, 6) is 0.730. The van der Waals surface area contributed by atoms with E-state index in [1.165, 1.54) is 12.0 Å². The number of hydrogen-bond donors (Lipinski definition) is 2. The summed E-state index contributed by atoms with van der Waals surface area (Å²) in [6.45, 7) is 2.36. The van der Waals surface area contributed by atoms with Gasteiger partial charge in [-0.3, -0.25) is 10.1 Å². The molecule has 0 atom stereocenters. The van der Waals surface area contributed by atoms with E-state index in [-0.39, 0.29) is 11.9 Å². The number of anilines is 2. The molecule has 4 heterocycles. The van der Waals surface area contributed by atoms with Crippen LogP contribution in [0, 0.1) is 0 Å². The maximum absolute atomic E-state index is 13.1. The second kappa shape index (κ2) is 9.35. The van der Waals surface area contributed by atoms with E-state index < -0.39 is 0 Å². The zero-order chi connectivity index (χ0) is 23.4. The first kappa shape index (κ1) is 21.8. The largest absolute Gasteiger partial charge is 0.481 e. The van der Waals surface area contributed by atoms with Gasteiger partial charge in [0, 0.05) is 48.7 Å². The van der Waals surface area contributed by atoms with E-state index >= 15 is 0 Å². The number of methoxy groups -OCH3 is 1. The van der Waals surface area contributed by atoms with Gasteiger partial charge in [0.25, 0.3) is 5.91 Å². The van der Waals surface area contributed by atoms with Crippen LogP contribution in [0.1, 0.15) is 17.3 Å². The minimum atomic E-state index is -0.312. The minimum absolute atomic E-state index is 0.184. The highest BCUT2D eigenvalue weighted by molar-refractivity contribution is 6.06. The van der Waals surface area contributed by atoms with Crippen LogP contribution in [0.25, 0.3) is 16.6 Å². The second-order valence-corrected chi connectivity index (χ2v) is 7.14. The summed E-state index contributed by atoms with van der Waals surface area (Å²) in [5, 5.41) is 9.69. The molecule has 3 amide bonds. The normalized spacial score (nSPS) is 10.6. The van der Waals surface area contributed by atoms with Gasteiger partial charge < -0.3 is 15.0 Å². The molecular formula is C23H23N7O3. The van der Waals surface area contributed by atoms with Gasteiger partial charge in [0.2, 0.25) is 5.88 Å². The number of fused-ring (bicyclic) bond motifs is 1. The maximum atomic E-state index is 13.1. The van der Waals surface area contributed by atoms with Gasteiger partial charge in [-0.25, -0.2) is 19.3 Å². The average Bonchev–Trinajstić information content (AvgIpc) is 3.27. The number of rotatable bonds is 6. The highest BCUT2D eigenvalue weighted by atomic mass is 16.5. The van der Waals surface area contributed by atoms with Crippen molar-refractivity contribution in [2.75, 3.05) is 30.9 Å². The molecule has 10 heteroatoms. The molecule has 0 radical (unpaired) electrons. The van der Waals surface area contributed by atoms with E-state index in [0.29, 0.717) is 29.5 Å². The molecule has 0 unspecified atom stereocenters. The molecule has 0 saturated heterocycles. The minimum Gasteiger partial charge on any atom is -0.481 e. The van der Waals surface area contributed by atoms with Crippen molar-refractivity contribution in [2.24, 2.45) is 0 Å². The van der Waals surface area contributed by atoms with Crippen molar-refractivity contribution in [2.45, 2.75) is 6.92 Å². The monoisotopic (exact) mass is 445 g/mol. The summed E-state index contributed by atoms with van der Waals surface area (Å²) >= 11 is 0. The Labute approximate surface area is 190 Å². The zero-order valence-electron chi connectivity index (χ0n) is 18.4. The Balaban J connectivity index is 1.59. The van der Waals surface area contributed by atoms with E-state index in [0.717, 1.165) is 16.6 Å². The summed E-state index contributed by atoms with van der Waals surface area (Å²) in [5.41, 5.74) is 3.53. The lowest BCUT2D eigenvalue weighted by Crippen LogP contribution is -2.28. The van der Waals surface area contributed by atoms with Gasteiger partial charge >= 0.3 is 6.03 Å². The standard InChI is InChI=1S/C23H23N7O3/c1-4-24-23(32)28-20-7-5-16(12-25-20)18-14-27-30-10-9-15(11-19(18)30)22(31)29(2)17-6-8-21(33-3)26-13-17/h5-14H,4H2,1-3H3,(H2,24,25,28,32). The third-order valence-electron chi connectivity index (χ3n) is 5.04. The summed E-state index contributed by atoms with van der Waals surface area (Å²) in [6, 6.07) is 10.2. The zero-order valence-corrected chi connectivity index (χ0v) is 18.4. The lowest BCUT2D eigenvalue weighted by Gasteiger charge is -2.17. The van der Waals surface area contributed by atoms with Crippen molar-refractivity contribution in [3.05, 3.63) is 66.7 Å². The maximum Gasteiger partial charge on any atom is 0.320 e. The number of nitrogens with one attached hydrogen (secondary N) is 2. The van der Waals surface area contributed by atoms with Crippen molar-refractivity contribution < 1.29 is 14.3 Å². The lowest BCUT2D eigenvalue weighted by atomic mass is 10.1. The molecule has 4 aromatic rings. The molecule has 0 aliphatic heterocycles. The van der Waals surface area contributed by atoms with Crippen molar-refractivity contribution in [3.63, 3.8) is 0 Å². The SMILES string of the molecule is CCNC(=O)Nc1ccc(-c2cnn3ccc(C(=O)N(C)c4ccc(OC)nc4)cc23)cn1. The molecule has 0 bridgehead atoms. The molecule has 0 aromatic carbocycles. The number of amides is 3. The molecule has 4 rings (SSSR count). The molecule has 0 aliphatic rings. The molecule has 0 saturated carbocycles. The number of carbonyl (C=O) groups excluding carboxylic acids is 2. The van der Waals surface area contributed by atoms with Gasteiger partial charge in [-0.15, -0.1) is 0 Å². The number of pyridine rings is 3. The quantitative estimate of drug-likeness (QED) is 0.471. The molecule has 10 nitrogen and oxygen atoms in total. The Morgan fingerprint density at radius 3 is 2.61 bits per heavy atom. The van der Waals surface area contributed by atoms with Crippen molar-refractivity contribution >= 4 is 29.0 Å². The molecule has 2 N–H and O–H groups in total. The van der Waals surface area contributed by atoms with Crippen molar-refractivity contribution in [1.29, 1.82) is 0 Å². The fourth-order valence-corrected chi connectivity index (χ4v) is 3.29. The Morgan fingerprint density at radius 1 is 1.09 bits per heavy atom. The number of hydrogen-bond acceptors (Lipinski definition) is 6. The lowest BCUT2D eigenvalue weighted by molar-refractivity contribution is 0.0993. The van der Waals surface area contributed by atoms with Crippen LogP contribution >= 0.6 is 0 Å². The summed E-state index contributed by atoms with van der Waals surface area (Å²) in [4.78, 5) is 34.7. The van der Waals surface area contributed by atoms with Gasteiger partial charge in [0.05, 0.1) is 30.7 Å². The third-order valence-corrected chi connectivity index (χ3v) is 5.04. The highest BCUT2D eigenvalue weighted by Crippen LogP contribution is 2.26. The molecule has 4 aromatic heterocycles. The van der Waals surface area contributed by atoms with Gasteiger partial charge in [0.1, 0.15) is 5.82 Å². The first-order valence-corrected chi connectivity index (χ1v) is 10.3. The van der Waals surface area contributed by atoms with Crippen LogP contribution in [0.4, 0.5) is 16.3 Å². The fraction of sp³-hybridized carbons (Fsp3) is 0.174. The highest BCUT2D eigenvalue weighted by Gasteiger charge is 2.16. The number of ether oxygens (including phenoxy) is 1. The molecule has 0 aliphatic carbocycles. The molecular weight excluding hydrogens is 422 g/mol. The Bertz CT molecular complexity index is 1280. The predicted octanol–water partition coefficient (Wildman–Crippen LogP) is 3.22. The average molecular weight is 445 g/mol. The van der Waals surface area contributed by atoms with Crippen molar-refractivity contribution in [1.82, 2.24) is 24.9 Å². The van der Waals surface area contributed by atoms with Crippen LogP contribution in [0.2, 0.25) is 0 Å². The number of aromatic nitrogens is 4. The first-order valence-electron chi connectivity index (χ1n) is 10.3. The summed E-state index contributed by atoms with van der Waals surface area (Å²) in [7, 11) is 3.23. The number of nitrogens with zero attached hydrogens (tertiary/aromatic N) is 5. The summed E-state index contributed by atoms with van der Waals surface area (Å²) < 4.78 is 6.77. The summed E-state index contributed by atoms with van der Waals surface area (Å²) in [6.07, 6.45) is 6.70. The van der Waals surface area contributed by atoms with Crippen LogP contribution in [-0.4, -0.2) is 52.2 Å². The van der Waals surface area contributed by atoms with Crippen LogP contribution in [0.15, 0.2) is 61.2 Å². The van der Waals surface area contributed by atoms with E-state index in [2.05, 4.69) is 25.7 Å². The molecule has 33 heavy (non-hydrogen) atoms. The van der Waals surface area contributed by atoms with Crippen LogP contribution in [0.5, 0.6) is 5.88 Å². The first-order chi connectivity index (χ1) is 16.0. The van der Waals surface area contributed by atoms with Gasteiger partial charge in [-0.1, -0.05) is 0 Å². The molecule has 168 valence electrons. The second-order valence-electron chi connectivity index (χ2n) is 7.14. The predicted molar refractivity (Wildman–Crippen MR) is 125 cm³/mol. The van der Waals surface area contributed by atoms with Crippen LogP contribution in [-0.2, 0) is 0 Å². The number of urea groups is 1. The Kier molecular flexibility index (Phi) is 6.16. The van der Waals surface area contributed by atoms with E-state index in [9.17, 15) is 9.59 Å². The van der Waals surface area contributed by atoms with Gasteiger partial charge in [0.15, 0.2) is 0 Å². The van der Waals surface area contributed by atoms with E-state index in [1.807, 2.05) is 13.0 Å². The van der Waals surface area contributed by atoms with Crippen molar-refractivity contribution in [3.8, 4) is 17.0 Å². The van der Waals surface area contributed by atoms with Crippen LogP contribution < -0.4 is 20.3 Å². The smallest absolute Gasteiger partial charge is 0.320 e. The molecule has 0 fully saturated rings.